The maximum Gasteiger partial charge on any atom is 0.266 e. The predicted octanol–water partition coefficient (Wildman–Crippen LogP) is 2.12. The van der Waals surface area contributed by atoms with Crippen LogP contribution in [0.25, 0.3) is 0 Å². The fourth-order valence-corrected chi connectivity index (χ4v) is 1.69. The first kappa shape index (κ1) is 11.9. The first-order chi connectivity index (χ1) is 8.25. The van der Waals surface area contributed by atoms with Gasteiger partial charge in [-0.05, 0) is 30.3 Å². The summed E-state index contributed by atoms with van der Waals surface area (Å²) in [6.45, 7) is 1.22. The van der Waals surface area contributed by atoms with Crippen LogP contribution in [-0.2, 0) is 6.54 Å². The Morgan fingerprint density at radius 2 is 2.00 bits per heavy atom. The maximum atomic E-state index is 11.4. The van der Waals surface area contributed by atoms with Gasteiger partial charge in [0.2, 0.25) is 0 Å². The zero-order valence-corrected chi connectivity index (χ0v) is 10.7. The Kier molecular flexibility index (Phi) is 3.93. The molecule has 0 radical (unpaired) electrons. The molecule has 0 atom stereocenters. The zero-order chi connectivity index (χ0) is 12.1. The molecule has 1 aromatic heterocycles. The Balaban J connectivity index is 1.90. The molecule has 2 rings (SSSR count). The molecule has 0 saturated carbocycles. The minimum absolute atomic E-state index is 0.0786. The third-order valence-electron chi connectivity index (χ3n) is 2.28. The van der Waals surface area contributed by atoms with Crippen LogP contribution in [0.3, 0.4) is 0 Å². The van der Waals surface area contributed by atoms with E-state index in [1.807, 2.05) is 24.3 Å². The summed E-state index contributed by atoms with van der Waals surface area (Å²) < 4.78 is 2.48. The van der Waals surface area contributed by atoms with E-state index in [1.54, 1.807) is 12.3 Å². The van der Waals surface area contributed by atoms with E-state index in [0.29, 0.717) is 13.1 Å². The van der Waals surface area contributed by atoms with Gasteiger partial charge in [0.05, 0.1) is 6.54 Å². The molecule has 0 unspecified atom stereocenters. The molecule has 88 valence electrons. The second-order valence-electron chi connectivity index (χ2n) is 3.52. The van der Waals surface area contributed by atoms with E-state index in [1.165, 1.54) is 10.7 Å². The fourth-order valence-electron chi connectivity index (χ4n) is 1.43. The first-order valence-corrected chi connectivity index (χ1v) is 6.06. The molecule has 1 aromatic carbocycles. The second-order valence-corrected chi connectivity index (χ2v) is 4.43. The van der Waals surface area contributed by atoms with Gasteiger partial charge in [-0.1, -0.05) is 15.9 Å². The van der Waals surface area contributed by atoms with Crippen LogP contribution >= 0.6 is 15.9 Å². The van der Waals surface area contributed by atoms with Crippen LogP contribution in [0.4, 0.5) is 5.69 Å². The highest BCUT2D eigenvalue weighted by atomic mass is 79.9. The molecule has 0 aliphatic rings. The Bertz CT molecular complexity index is 536. The molecule has 0 bridgehead atoms. The van der Waals surface area contributed by atoms with Gasteiger partial charge in [-0.15, -0.1) is 0 Å². The average Bonchev–Trinajstić information content (AvgIpc) is 2.34. The number of aromatic nitrogens is 2. The lowest BCUT2D eigenvalue weighted by Gasteiger charge is -2.07. The van der Waals surface area contributed by atoms with Gasteiger partial charge in [-0.2, -0.15) is 5.10 Å². The van der Waals surface area contributed by atoms with Crippen LogP contribution in [0.2, 0.25) is 0 Å². The summed E-state index contributed by atoms with van der Waals surface area (Å²) in [7, 11) is 0. The number of benzene rings is 1. The second kappa shape index (κ2) is 5.63. The largest absolute Gasteiger partial charge is 0.383 e. The molecule has 0 saturated heterocycles. The fraction of sp³-hybridized carbons (Fsp3) is 0.167. The highest BCUT2D eigenvalue weighted by Crippen LogP contribution is 2.13. The zero-order valence-electron chi connectivity index (χ0n) is 9.14. The average molecular weight is 294 g/mol. The highest BCUT2D eigenvalue weighted by Gasteiger charge is 1.95. The van der Waals surface area contributed by atoms with Gasteiger partial charge in [0.1, 0.15) is 0 Å². The number of anilines is 1. The van der Waals surface area contributed by atoms with Gasteiger partial charge in [0, 0.05) is 29.0 Å². The lowest BCUT2D eigenvalue weighted by atomic mass is 10.3. The molecular weight excluding hydrogens is 282 g/mol. The molecule has 5 heteroatoms. The minimum atomic E-state index is -0.0786. The van der Waals surface area contributed by atoms with E-state index in [0.717, 1.165) is 10.2 Å². The number of halogens is 1. The van der Waals surface area contributed by atoms with Crippen molar-refractivity contribution >= 4 is 21.6 Å². The first-order valence-electron chi connectivity index (χ1n) is 5.27. The van der Waals surface area contributed by atoms with Crippen LogP contribution in [-0.4, -0.2) is 16.3 Å². The van der Waals surface area contributed by atoms with Crippen molar-refractivity contribution in [3.8, 4) is 0 Å². The number of nitrogens with one attached hydrogen (secondary N) is 1. The summed E-state index contributed by atoms with van der Waals surface area (Å²) in [6, 6.07) is 11.0. The van der Waals surface area contributed by atoms with Crippen molar-refractivity contribution in [1.82, 2.24) is 9.78 Å². The van der Waals surface area contributed by atoms with E-state index in [4.69, 9.17) is 0 Å². The summed E-state index contributed by atoms with van der Waals surface area (Å²) in [5.41, 5.74) is 0.947. The molecule has 1 heterocycles. The van der Waals surface area contributed by atoms with Crippen LogP contribution in [0.5, 0.6) is 0 Å². The lowest BCUT2D eigenvalue weighted by Crippen LogP contribution is -2.24. The predicted molar refractivity (Wildman–Crippen MR) is 71.1 cm³/mol. The molecule has 1 N–H and O–H groups in total. The SMILES string of the molecule is O=c1cccnn1CCNc1ccc(Br)cc1. The molecular formula is C12H12BrN3O. The number of hydrogen-bond acceptors (Lipinski definition) is 3. The van der Waals surface area contributed by atoms with Gasteiger partial charge in [0.25, 0.3) is 5.56 Å². The maximum absolute atomic E-state index is 11.4. The van der Waals surface area contributed by atoms with Crippen molar-refractivity contribution in [2.24, 2.45) is 0 Å². The van der Waals surface area contributed by atoms with Crippen molar-refractivity contribution in [3.05, 3.63) is 57.4 Å². The monoisotopic (exact) mass is 293 g/mol. The summed E-state index contributed by atoms with van der Waals surface area (Å²) >= 11 is 3.38. The van der Waals surface area contributed by atoms with E-state index in [9.17, 15) is 4.79 Å². The molecule has 0 fully saturated rings. The van der Waals surface area contributed by atoms with Crippen LogP contribution in [0, 0.1) is 0 Å². The Morgan fingerprint density at radius 3 is 2.71 bits per heavy atom. The van der Waals surface area contributed by atoms with Crippen molar-refractivity contribution in [3.63, 3.8) is 0 Å². The van der Waals surface area contributed by atoms with Gasteiger partial charge in [0.15, 0.2) is 0 Å². The quantitative estimate of drug-likeness (QED) is 0.939. The van der Waals surface area contributed by atoms with Gasteiger partial charge < -0.3 is 5.32 Å². The van der Waals surface area contributed by atoms with Crippen molar-refractivity contribution in [2.75, 3.05) is 11.9 Å². The summed E-state index contributed by atoms with van der Waals surface area (Å²) in [4.78, 5) is 11.4. The van der Waals surface area contributed by atoms with E-state index < -0.39 is 0 Å². The standard InChI is InChI=1S/C12H12BrN3O/c13-10-3-5-11(6-4-10)14-8-9-16-12(17)2-1-7-15-16/h1-7,14H,8-9H2. The molecule has 17 heavy (non-hydrogen) atoms. The molecule has 0 aliphatic heterocycles. The van der Waals surface area contributed by atoms with Crippen LogP contribution in [0.15, 0.2) is 51.9 Å². The molecule has 0 aliphatic carbocycles. The molecule has 4 nitrogen and oxygen atoms in total. The molecule has 0 spiro atoms. The molecule has 0 amide bonds. The Labute approximate surface area is 107 Å². The topological polar surface area (TPSA) is 46.9 Å². The summed E-state index contributed by atoms with van der Waals surface area (Å²) in [5.74, 6) is 0. The number of rotatable bonds is 4. The van der Waals surface area contributed by atoms with Gasteiger partial charge in [-0.3, -0.25) is 4.79 Å². The van der Waals surface area contributed by atoms with E-state index in [-0.39, 0.29) is 5.56 Å². The van der Waals surface area contributed by atoms with Crippen LogP contribution in [0.1, 0.15) is 0 Å². The normalized spacial score (nSPS) is 10.2. The van der Waals surface area contributed by atoms with Crippen LogP contribution < -0.4 is 10.9 Å². The van der Waals surface area contributed by atoms with E-state index in [2.05, 4.69) is 26.3 Å². The lowest BCUT2D eigenvalue weighted by molar-refractivity contribution is 0.597. The van der Waals surface area contributed by atoms with Gasteiger partial charge in [-0.25, -0.2) is 4.68 Å². The van der Waals surface area contributed by atoms with Crippen molar-refractivity contribution in [2.45, 2.75) is 6.54 Å². The van der Waals surface area contributed by atoms with Crippen molar-refractivity contribution in [1.29, 1.82) is 0 Å². The smallest absolute Gasteiger partial charge is 0.266 e. The Morgan fingerprint density at radius 1 is 1.24 bits per heavy atom. The van der Waals surface area contributed by atoms with E-state index >= 15 is 0 Å². The number of nitrogens with zero attached hydrogens (tertiary/aromatic N) is 2. The Hall–Kier alpha value is -1.62. The molecule has 2 aromatic rings. The van der Waals surface area contributed by atoms with Gasteiger partial charge >= 0.3 is 0 Å². The minimum Gasteiger partial charge on any atom is -0.383 e. The summed E-state index contributed by atoms with van der Waals surface area (Å²) in [5, 5.41) is 7.21. The third-order valence-corrected chi connectivity index (χ3v) is 2.81. The number of hydrogen-bond donors (Lipinski definition) is 1. The highest BCUT2D eigenvalue weighted by molar-refractivity contribution is 9.10. The van der Waals surface area contributed by atoms with Crippen molar-refractivity contribution < 1.29 is 0 Å². The summed E-state index contributed by atoms with van der Waals surface area (Å²) in [6.07, 6.45) is 1.61. The third kappa shape index (κ3) is 3.42.